The van der Waals surface area contributed by atoms with E-state index < -0.39 is 0 Å². The van der Waals surface area contributed by atoms with Crippen molar-refractivity contribution >= 4 is 21.6 Å². The fourth-order valence-corrected chi connectivity index (χ4v) is 4.06. The van der Waals surface area contributed by atoms with Crippen molar-refractivity contribution in [2.45, 2.75) is 31.4 Å². The molecule has 0 saturated carbocycles. The van der Waals surface area contributed by atoms with Gasteiger partial charge in [0.2, 0.25) is 0 Å². The van der Waals surface area contributed by atoms with Crippen LogP contribution in [0.3, 0.4) is 0 Å². The molecule has 0 aromatic carbocycles. The van der Waals surface area contributed by atoms with Crippen molar-refractivity contribution in [1.29, 1.82) is 0 Å². The summed E-state index contributed by atoms with van der Waals surface area (Å²) in [5, 5.41) is 0. The summed E-state index contributed by atoms with van der Waals surface area (Å²) in [6.07, 6.45) is 2.45. The smallest absolute Gasteiger partial charge is 0.0621 e. The van der Waals surface area contributed by atoms with Gasteiger partial charge in [-0.05, 0) is 12.8 Å². The first-order valence-corrected chi connectivity index (χ1v) is 6.53. The highest BCUT2D eigenvalue weighted by atomic mass is 33.1. The van der Waals surface area contributed by atoms with Gasteiger partial charge in [0.05, 0.1) is 13.2 Å². The standard InChI is InChI=1S/C8H16OS2/c1-3-8(4-2)7-9-5-6-10-11-8/h3-7H2,1-2H3. The van der Waals surface area contributed by atoms with Crippen molar-refractivity contribution in [1.82, 2.24) is 0 Å². The minimum absolute atomic E-state index is 0.404. The molecule has 0 radical (unpaired) electrons. The van der Waals surface area contributed by atoms with Crippen LogP contribution < -0.4 is 0 Å². The third-order valence-corrected chi connectivity index (χ3v) is 5.61. The third-order valence-electron chi connectivity index (χ3n) is 2.20. The van der Waals surface area contributed by atoms with E-state index in [1.54, 1.807) is 0 Å². The van der Waals surface area contributed by atoms with E-state index in [0.29, 0.717) is 4.75 Å². The topological polar surface area (TPSA) is 9.23 Å². The van der Waals surface area contributed by atoms with E-state index >= 15 is 0 Å². The molecule has 3 heteroatoms. The highest BCUT2D eigenvalue weighted by Gasteiger charge is 2.29. The van der Waals surface area contributed by atoms with E-state index in [2.05, 4.69) is 13.8 Å². The van der Waals surface area contributed by atoms with Crippen molar-refractivity contribution in [2.24, 2.45) is 0 Å². The molecule has 1 fully saturated rings. The number of ether oxygens (including phenoxy) is 1. The van der Waals surface area contributed by atoms with Crippen LogP contribution in [-0.4, -0.2) is 23.7 Å². The lowest BCUT2D eigenvalue weighted by Gasteiger charge is -2.27. The summed E-state index contributed by atoms with van der Waals surface area (Å²) in [5.74, 6) is 1.15. The van der Waals surface area contributed by atoms with E-state index in [1.165, 1.54) is 12.8 Å². The molecule has 1 aliphatic rings. The first-order valence-electron chi connectivity index (χ1n) is 4.21. The molecule has 1 aliphatic heterocycles. The SMILES string of the molecule is CCC1(CC)COCCSS1. The van der Waals surface area contributed by atoms with Crippen molar-refractivity contribution in [3.05, 3.63) is 0 Å². The molecule has 1 saturated heterocycles. The average Bonchev–Trinajstić information content (AvgIpc) is 2.30. The zero-order valence-corrected chi connectivity index (χ0v) is 8.89. The average molecular weight is 192 g/mol. The van der Waals surface area contributed by atoms with E-state index in [1.807, 2.05) is 21.6 Å². The highest BCUT2D eigenvalue weighted by molar-refractivity contribution is 8.77. The molecular formula is C8H16OS2. The molecule has 1 rings (SSSR count). The number of hydrogen-bond donors (Lipinski definition) is 0. The molecule has 0 N–H and O–H groups in total. The monoisotopic (exact) mass is 192 g/mol. The molecule has 0 aromatic rings. The lowest BCUT2D eigenvalue weighted by Crippen LogP contribution is -2.27. The quantitative estimate of drug-likeness (QED) is 0.623. The minimum Gasteiger partial charge on any atom is -0.379 e. The summed E-state index contributed by atoms with van der Waals surface area (Å²) >= 11 is 0. The van der Waals surface area contributed by atoms with Crippen LogP contribution in [0.4, 0.5) is 0 Å². The van der Waals surface area contributed by atoms with Crippen LogP contribution in [0, 0.1) is 0 Å². The Morgan fingerprint density at radius 3 is 2.73 bits per heavy atom. The van der Waals surface area contributed by atoms with Crippen LogP contribution in [0.25, 0.3) is 0 Å². The molecule has 0 aliphatic carbocycles. The normalized spacial score (nSPS) is 24.5. The van der Waals surface area contributed by atoms with Crippen molar-refractivity contribution < 1.29 is 4.74 Å². The Labute approximate surface area is 77.0 Å². The summed E-state index contributed by atoms with van der Waals surface area (Å²) in [6.45, 7) is 6.38. The molecule has 0 amide bonds. The van der Waals surface area contributed by atoms with Crippen molar-refractivity contribution in [3.63, 3.8) is 0 Å². The Kier molecular flexibility index (Phi) is 4.10. The molecule has 11 heavy (non-hydrogen) atoms. The molecular weight excluding hydrogens is 176 g/mol. The van der Waals surface area contributed by atoms with Gasteiger partial charge < -0.3 is 4.74 Å². The molecule has 0 bridgehead atoms. The van der Waals surface area contributed by atoms with E-state index in [9.17, 15) is 0 Å². The Morgan fingerprint density at radius 1 is 1.36 bits per heavy atom. The van der Waals surface area contributed by atoms with Crippen molar-refractivity contribution in [2.75, 3.05) is 19.0 Å². The van der Waals surface area contributed by atoms with E-state index in [-0.39, 0.29) is 0 Å². The first-order chi connectivity index (χ1) is 5.33. The largest absolute Gasteiger partial charge is 0.379 e. The number of rotatable bonds is 2. The van der Waals surface area contributed by atoms with Gasteiger partial charge in [0, 0.05) is 10.5 Å². The highest BCUT2D eigenvalue weighted by Crippen LogP contribution is 2.42. The second-order valence-electron chi connectivity index (χ2n) is 2.85. The van der Waals surface area contributed by atoms with Crippen LogP contribution in [0.5, 0.6) is 0 Å². The van der Waals surface area contributed by atoms with Crippen LogP contribution in [0.2, 0.25) is 0 Å². The Balaban J connectivity index is 2.49. The van der Waals surface area contributed by atoms with Gasteiger partial charge >= 0.3 is 0 Å². The second-order valence-corrected chi connectivity index (χ2v) is 5.73. The summed E-state index contributed by atoms with van der Waals surface area (Å²) in [5.41, 5.74) is 0. The lowest BCUT2D eigenvalue weighted by molar-refractivity contribution is 0.124. The molecule has 0 spiro atoms. The Bertz CT molecular complexity index is 103. The Morgan fingerprint density at radius 2 is 2.09 bits per heavy atom. The molecule has 0 aromatic heterocycles. The van der Waals surface area contributed by atoms with Crippen LogP contribution >= 0.6 is 21.6 Å². The summed E-state index contributed by atoms with van der Waals surface area (Å²) < 4.78 is 5.95. The zero-order valence-electron chi connectivity index (χ0n) is 7.26. The van der Waals surface area contributed by atoms with E-state index in [0.717, 1.165) is 19.0 Å². The van der Waals surface area contributed by atoms with Crippen LogP contribution in [0.15, 0.2) is 0 Å². The van der Waals surface area contributed by atoms with Crippen LogP contribution in [0.1, 0.15) is 26.7 Å². The maximum absolute atomic E-state index is 5.55. The molecule has 0 atom stereocenters. The summed E-state index contributed by atoms with van der Waals surface area (Å²) in [7, 11) is 3.99. The minimum atomic E-state index is 0.404. The maximum atomic E-state index is 5.55. The molecule has 0 unspecified atom stereocenters. The van der Waals surface area contributed by atoms with Gasteiger partial charge in [0.1, 0.15) is 0 Å². The lowest BCUT2D eigenvalue weighted by atomic mass is 10.0. The van der Waals surface area contributed by atoms with Crippen LogP contribution in [-0.2, 0) is 4.74 Å². The predicted octanol–water partition coefficient (Wildman–Crippen LogP) is 2.96. The molecule has 66 valence electrons. The molecule has 1 nitrogen and oxygen atoms in total. The van der Waals surface area contributed by atoms with Gasteiger partial charge in [0.25, 0.3) is 0 Å². The maximum Gasteiger partial charge on any atom is 0.0621 e. The van der Waals surface area contributed by atoms with Gasteiger partial charge in [-0.15, -0.1) is 0 Å². The first kappa shape index (κ1) is 9.75. The van der Waals surface area contributed by atoms with Gasteiger partial charge in [-0.2, -0.15) is 0 Å². The molecule has 1 heterocycles. The zero-order chi connectivity index (χ0) is 8.16. The number of hydrogen-bond acceptors (Lipinski definition) is 3. The van der Waals surface area contributed by atoms with Gasteiger partial charge in [-0.3, -0.25) is 0 Å². The summed E-state index contributed by atoms with van der Waals surface area (Å²) in [4.78, 5) is 0. The van der Waals surface area contributed by atoms with E-state index in [4.69, 9.17) is 4.74 Å². The van der Waals surface area contributed by atoms with Gasteiger partial charge in [-0.25, -0.2) is 0 Å². The fourth-order valence-electron chi connectivity index (χ4n) is 1.11. The predicted molar refractivity (Wildman–Crippen MR) is 54.2 cm³/mol. The Hall–Kier alpha value is 0.660. The van der Waals surface area contributed by atoms with Gasteiger partial charge in [0.15, 0.2) is 0 Å². The fraction of sp³-hybridized carbons (Fsp3) is 1.00. The third kappa shape index (κ3) is 2.56. The van der Waals surface area contributed by atoms with Gasteiger partial charge in [-0.1, -0.05) is 35.4 Å². The summed E-state index contributed by atoms with van der Waals surface area (Å²) in [6, 6.07) is 0. The van der Waals surface area contributed by atoms with Crippen molar-refractivity contribution in [3.8, 4) is 0 Å². The second kappa shape index (κ2) is 4.63.